The van der Waals surface area contributed by atoms with Gasteiger partial charge in [0.1, 0.15) is 0 Å². The maximum Gasteiger partial charge on any atom is 0.295 e. The summed E-state index contributed by atoms with van der Waals surface area (Å²) in [5, 5.41) is 2.65. The lowest BCUT2D eigenvalue weighted by Crippen LogP contribution is -2.52. The Hall–Kier alpha value is -3.93. The summed E-state index contributed by atoms with van der Waals surface area (Å²) in [5.41, 5.74) is 0.570. The molecular formula is C29H35N5O5S. The zero-order valence-corrected chi connectivity index (χ0v) is 23.6. The van der Waals surface area contributed by atoms with Crippen molar-refractivity contribution in [3.63, 3.8) is 0 Å². The molecule has 2 amide bonds. The van der Waals surface area contributed by atoms with Crippen LogP contribution in [-0.4, -0.2) is 94.8 Å². The fourth-order valence-electron chi connectivity index (χ4n) is 4.17. The van der Waals surface area contributed by atoms with Gasteiger partial charge in [-0.2, -0.15) is 8.42 Å². The average molecular weight is 566 g/mol. The van der Waals surface area contributed by atoms with Gasteiger partial charge >= 0.3 is 0 Å². The number of anilines is 1. The van der Waals surface area contributed by atoms with Gasteiger partial charge < -0.3 is 20.0 Å². The quantitative estimate of drug-likeness (QED) is 0.356. The summed E-state index contributed by atoms with van der Waals surface area (Å²) in [7, 11) is -0.0637. The Morgan fingerprint density at radius 3 is 2.05 bits per heavy atom. The van der Waals surface area contributed by atoms with E-state index < -0.39 is 15.9 Å². The second-order valence-electron chi connectivity index (χ2n) is 9.70. The van der Waals surface area contributed by atoms with Crippen molar-refractivity contribution in [2.24, 2.45) is 0 Å². The van der Waals surface area contributed by atoms with E-state index in [1.165, 1.54) is 24.3 Å². The highest BCUT2D eigenvalue weighted by Gasteiger charge is 2.28. The standard InChI is InChI=1S/C29H35N5O5S/c1-31(2)17-18-32-19-21-33(22-20-32)28(35)23-30-29(36)24-13-15-27(16-14-24)40(37,38)34(25-9-5-3-6-10-25)39-26-11-7-4-8-12-26/h3-16H,17-23H2,1-2H3,(H,30,36). The van der Waals surface area contributed by atoms with Gasteiger partial charge in [-0.25, -0.2) is 0 Å². The van der Waals surface area contributed by atoms with Crippen molar-refractivity contribution in [2.45, 2.75) is 4.90 Å². The molecule has 1 aliphatic rings. The zero-order valence-electron chi connectivity index (χ0n) is 22.8. The number of amides is 2. The van der Waals surface area contributed by atoms with Gasteiger partial charge in [-0.1, -0.05) is 40.9 Å². The third-order valence-electron chi connectivity index (χ3n) is 6.52. The second kappa shape index (κ2) is 13.4. The Kier molecular flexibility index (Phi) is 9.75. The summed E-state index contributed by atoms with van der Waals surface area (Å²) in [6.45, 7) is 4.65. The number of benzene rings is 3. The Balaban J connectivity index is 1.37. The molecule has 1 saturated heterocycles. The number of sulfonamides is 1. The van der Waals surface area contributed by atoms with E-state index in [1.807, 2.05) is 14.1 Å². The van der Waals surface area contributed by atoms with E-state index in [1.54, 1.807) is 65.6 Å². The molecule has 40 heavy (non-hydrogen) atoms. The Bertz CT molecular complexity index is 1360. The monoisotopic (exact) mass is 565 g/mol. The van der Waals surface area contributed by atoms with Gasteiger partial charge in [0, 0.05) is 44.8 Å². The third-order valence-corrected chi connectivity index (χ3v) is 8.11. The fourth-order valence-corrected chi connectivity index (χ4v) is 5.43. The summed E-state index contributed by atoms with van der Waals surface area (Å²) in [6, 6.07) is 22.6. The Morgan fingerprint density at radius 2 is 1.45 bits per heavy atom. The van der Waals surface area contributed by atoms with Crippen molar-refractivity contribution in [1.82, 2.24) is 20.0 Å². The minimum absolute atomic E-state index is 0.0490. The SMILES string of the molecule is CN(C)CCN1CCN(C(=O)CNC(=O)c2ccc(S(=O)(=O)N(Oc3ccccc3)c3ccccc3)cc2)CC1. The minimum atomic E-state index is -4.14. The van der Waals surface area contributed by atoms with E-state index in [2.05, 4.69) is 15.1 Å². The van der Waals surface area contributed by atoms with Crippen LogP contribution in [0.15, 0.2) is 89.8 Å². The molecule has 0 unspecified atom stereocenters. The lowest BCUT2D eigenvalue weighted by molar-refractivity contribution is -0.131. The molecule has 1 N–H and O–H groups in total. The topological polar surface area (TPSA) is 102 Å². The van der Waals surface area contributed by atoms with Crippen molar-refractivity contribution >= 4 is 27.5 Å². The first kappa shape index (κ1) is 29.1. The summed E-state index contributed by atoms with van der Waals surface area (Å²) in [6.07, 6.45) is 0. The fraction of sp³-hybridized carbons (Fsp3) is 0.310. The molecule has 0 aromatic heterocycles. The number of carbonyl (C=O) groups is 2. The van der Waals surface area contributed by atoms with E-state index in [9.17, 15) is 18.0 Å². The molecule has 3 aromatic rings. The van der Waals surface area contributed by atoms with Gasteiger partial charge in [0.05, 0.1) is 17.1 Å². The lowest BCUT2D eigenvalue weighted by atomic mass is 10.2. The maximum absolute atomic E-state index is 13.6. The van der Waals surface area contributed by atoms with Gasteiger partial charge in [0.25, 0.3) is 15.9 Å². The van der Waals surface area contributed by atoms with E-state index in [-0.39, 0.29) is 22.9 Å². The van der Waals surface area contributed by atoms with Crippen LogP contribution in [0, 0.1) is 0 Å². The van der Waals surface area contributed by atoms with Crippen molar-refractivity contribution in [1.29, 1.82) is 0 Å². The van der Waals surface area contributed by atoms with Crippen LogP contribution in [0.5, 0.6) is 5.75 Å². The first-order valence-corrected chi connectivity index (χ1v) is 14.5. The number of carbonyl (C=O) groups excluding carboxylic acids is 2. The molecule has 10 nitrogen and oxygen atoms in total. The molecule has 0 atom stereocenters. The number of nitrogens with one attached hydrogen (secondary N) is 1. The highest BCUT2D eigenvalue weighted by molar-refractivity contribution is 7.92. The van der Waals surface area contributed by atoms with Crippen LogP contribution < -0.4 is 14.6 Å². The predicted molar refractivity (Wildman–Crippen MR) is 154 cm³/mol. The van der Waals surface area contributed by atoms with Crippen molar-refractivity contribution in [2.75, 3.05) is 64.4 Å². The van der Waals surface area contributed by atoms with Crippen LogP contribution in [0.4, 0.5) is 5.69 Å². The lowest BCUT2D eigenvalue weighted by Gasteiger charge is -2.35. The summed E-state index contributed by atoms with van der Waals surface area (Å²) in [5.74, 6) is -0.246. The second-order valence-corrected chi connectivity index (χ2v) is 11.5. The number of hydrogen-bond acceptors (Lipinski definition) is 7. The van der Waals surface area contributed by atoms with Crippen LogP contribution >= 0.6 is 0 Å². The van der Waals surface area contributed by atoms with E-state index in [0.29, 0.717) is 24.5 Å². The van der Waals surface area contributed by atoms with Crippen LogP contribution in [0.1, 0.15) is 10.4 Å². The molecule has 1 heterocycles. The average Bonchev–Trinajstić information content (AvgIpc) is 2.98. The zero-order chi connectivity index (χ0) is 28.5. The van der Waals surface area contributed by atoms with Crippen LogP contribution in [-0.2, 0) is 14.8 Å². The molecular weight excluding hydrogens is 530 g/mol. The number of likely N-dealkylation sites (N-methyl/N-ethyl adjacent to an activating group) is 1. The molecule has 1 fully saturated rings. The van der Waals surface area contributed by atoms with E-state index in [0.717, 1.165) is 30.6 Å². The molecule has 0 spiro atoms. The molecule has 212 valence electrons. The summed E-state index contributed by atoms with van der Waals surface area (Å²) >= 11 is 0. The first-order valence-electron chi connectivity index (χ1n) is 13.1. The first-order chi connectivity index (χ1) is 19.2. The molecule has 0 aliphatic carbocycles. The van der Waals surface area contributed by atoms with Gasteiger partial charge in [-0.15, -0.1) is 0 Å². The van der Waals surface area contributed by atoms with Gasteiger partial charge in [0.15, 0.2) is 5.75 Å². The minimum Gasteiger partial charge on any atom is -0.364 e. The number of rotatable bonds is 11. The smallest absolute Gasteiger partial charge is 0.295 e. The highest BCUT2D eigenvalue weighted by atomic mass is 32.2. The van der Waals surface area contributed by atoms with Crippen molar-refractivity contribution < 1.29 is 22.8 Å². The largest absolute Gasteiger partial charge is 0.364 e. The molecule has 11 heteroatoms. The van der Waals surface area contributed by atoms with Gasteiger partial charge in [0.2, 0.25) is 5.91 Å². The molecule has 0 radical (unpaired) electrons. The Morgan fingerprint density at radius 1 is 0.850 bits per heavy atom. The molecule has 4 rings (SSSR count). The molecule has 3 aromatic carbocycles. The van der Waals surface area contributed by atoms with Crippen LogP contribution in [0.25, 0.3) is 0 Å². The van der Waals surface area contributed by atoms with Gasteiger partial charge in [-0.05, 0) is 62.6 Å². The summed E-state index contributed by atoms with van der Waals surface area (Å²) < 4.78 is 28.0. The van der Waals surface area contributed by atoms with E-state index >= 15 is 0 Å². The molecule has 1 aliphatic heterocycles. The highest BCUT2D eigenvalue weighted by Crippen LogP contribution is 2.26. The number of nitrogens with zero attached hydrogens (tertiary/aromatic N) is 4. The number of piperazine rings is 1. The van der Waals surface area contributed by atoms with E-state index in [4.69, 9.17) is 4.84 Å². The molecule has 0 saturated carbocycles. The van der Waals surface area contributed by atoms with Crippen LogP contribution in [0.3, 0.4) is 0 Å². The number of para-hydroxylation sites is 2. The summed E-state index contributed by atoms with van der Waals surface area (Å²) in [4.78, 5) is 37.3. The molecule has 0 bridgehead atoms. The third kappa shape index (κ3) is 7.59. The van der Waals surface area contributed by atoms with Crippen LogP contribution in [0.2, 0.25) is 0 Å². The van der Waals surface area contributed by atoms with Crippen molar-refractivity contribution in [3.05, 3.63) is 90.5 Å². The van der Waals surface area contributed by atoms with Crippen molar-refractivity contribution in [3.8, 4) is 5.75 Å². The maximum atomic E-state index is 13.6. The van der Waals surface area contributed by atoms with Gasteiger partial charge in [-0.3, -0.25) is 14.5 Å². The number of hydrogen-bond donors (Lipinski definition) is 1. The normalized spacial score (nSPS) is 14.1. The predicted octanol–water partition coefficient (Wildman–Crippen LogP) is 2.31. The Labute approximate surface area is 235 Å².